The molecule has 2 heteroatoms. The molecule has 1 rings (SSSR count). The predicted molar refractivity (Wildman–Crippen MR) is 103 cm³/mol. The van der Waals surface area contributed by atoms with Crippen LogP contribution in [0.1, 0.15) is 104 Å². The van der Waals surface area contributed by atoms with Crippen molar-refractivity contribution in [3.05, 3.63) is 12.4 Å². The van der Waals surface area contributed by atoms with Gasteiger partial charge in [0.25, 0.3) is 0 Å². The van der Waals surface area contributed by atoms with Gasteiger partial charge in [-0.3, -0.25) is 0 Å². The van der Waals surface area contributed by atoms with Gasteiger partial charge in [0, 0.05) is 25.5 Å². The zero-order valence-electron chi connectivity index (χ0n) is 16.2. The number of hydrogen-bond acceptors (Lipinski definition) is 2. The van der Waals surface area contributed by atoms with Crippen molar-refractivity contribution >= 4 is 0 Å². The molecule has 0 aromatic carbocycles. The summed E-state index contributed by atoms with van der Waals surface area (Å²) in [6, 6.07) is 0. The molecular weight excluding hydrogens is 280 g/mol. The highest BCUT2D eigenvalue weighted by atomic mass is 15.4. The third-order valence-corrected chi connectivity index (χ3v) is 5.07. The first kappa shape index (κ1) is 20.4. The number of rotatable bonds is 15. The SMILES string of the molecule is CCCCCCCCC1N(CCCCC)C=CN1CCCCC. The predicted octanol–water partition coefficient (Wildman–Crippen LogP) is 6.53. The van der Waals surface area contributed by atoms with Crippen LogP contribution in [0.5, 0.6) is 0 Å². The third-order valence-electron chi connectivity index (χ3n) is 5.07. The maximum absolute atomic E-state index is 2.62. The van der Waals surface area contributed by atoms with Gasteiger partial charge < -0.3 is 9.80 Å². The van der Waals surface area contributed by atoms with Gasteiger partial charge in [-0.2, -0.15) is 0 Å². The molecule has 0 aromatic rings. The minimum absolute atomic E-state index is 0.648. The van der Waals surface area contributed by atoms with Crippen LogP contribution in [0.15, 0.2) is 12.4 Å². The Kier molecular flexibility index (Phi) is 12.2. The van der Waals surface area contributed by atoms with Crippen molar-refractivity contribution < 1.29 is 0 Å². The fraction of sp³-hybridized carbons (Fsp3) is 0.905. The zero-order valence-corrected chi connectivity index (χ0v) is 16.2. The minimum Gasteiger partial charge on any atom is -0.356 e. The Bertz CT molecular complexity index is 268. The molecule has 0 saturated carbocycles. The molecule has 0 atom stereocenters. The maximum Gasteiger partial charge on any atom is 0.101 e. The Morgan fingerprint density at radius 3 is 1.52 bits per heavy atom. The zero-order chi connectivity index (χ0) is 16.8. The molecule has 1 aliphatic rings. The van der Waals surface area contributed by atoms with Crippen LogP contribution in [0, 0.1) is 0 Å². The number of nitrogens with zero attached hydrogens (tertiary/aromatic N) is 2. The van der Waals surface area contributed by atoms with Crippen molar-refractivity contribution in [3.63, 3.8) is 0 Å². The maximum atomic E-state index is 2.62. The third kappa shape index (κ3) is 8.67. The molecule has 1 aliphatic heterocycles. The van der Waals surface area contributed by atoms with Gasteiger partial charge in [-0.25, -0.2) is 0 Å². The van der Waals surface area contributed by atoms with Crippen LogP contribution in [0.3, 0.4) is 0 Å². The van der Waals surface area contributed by atoms with E-state index in [4.69, 9.17) is 0 Å². The second kappa shape index (κ2) is 13.7. The van der Waals surface area contributed by atoms with E-state index in [1.807, 2.05) is 0 Å². The quantitative estimate of drug-likeness (QED) is 0.316. The van der Waals surface area contributed by atoms with E-state index in [2.05, 4.69) is 43.0 Å². The summed E-state index contributed by atoms with van der Waals surface area (Å²) in [7, 11) is 0. The van der Waals surface area contributed by atoms with Gasteiger partial charge in [-0.05, 0) is 25.7 Å². The topological polar surface area (TPSA) is 6.48 Å². The van der Waals surface area contributed by atoms with E-state index < -0.39 is 0 Å². The first-order valence-electron chi connectivity index (χ1n) is 10.5. The fourth-order valence-electron chi connectivity index (χ4n) is 3.54. The van der Waals surface area contributed by atoms with E-state index in [1.165, 1.54) is 96.6 Å². The molecular formula is C21H42N2. The van der Waals surface area contributed by atoms with Crippen molar-refractivity contribution in [2.45, 2.75) is 110 Å². The largest absolute Gasteiger partial charge is 0.356 e. The molecule has 0 fully saturated rings. The van der Waals surface area contributed by atoms with E-state index >= 15 is 0 Å². The molecule has 0 saturated heterocycles. The monoisotopic (exact) mass is 322 g/mol. The molecule has 0 aromatic heterocycles. The van der Waals surface area contributed by atoms with E-state index in [9.17, 15) is 0 Å². The fourth-order valence-corrected chi connectivity index (χ4v) is 3.54. The van der Waals surface area contributed by atoms with E-state index in [0.717, 1.165) is 0 Å². The van der Waals surface area contributed by atoms with Crippen molar-refractivity contribution in [2.75, 3.05) is 13.1 Å². The standard InChI is InChI=1S/C21H42N2/c1-4-7-10-11-12-13-16-21-22(17-14-8-5-2)19-20-23(21)18-15-9-6-3/h19-21H,4-18H2,1-3H3. The molecule has 1 heterocycles. The van der Waals surface area contributed by atoms with Gasteiger partial charge in [0.2, 0.25) is 0 Å². The molecule has 0 bridgehead atoms. The summed E-state index contributed by atoms with van der Waals surface area (Å²) >= 11 is 0. The van der Waals surface area contributed by atoms with Crippen LogP contribution in [0.25, 0.3) is 0 Å². The molecule has 0 N–H and O–H groups in total. The lowest BCUT2D eigenvalue weighted by Gasteiger charge is -2.33. The molecule has 23 heavy (non-hydrogen) atoms. The number of unbranched alkanes of at least 4 members (excludes halogenated alkanes) is 9. The summed E-state index contributed by atoms with van der Waals surface area (Å²) in [4.78, 5) is 5.24. The second-order valence-electron chi connectivity index (χ2n) is 7.23. The average Bonchev–Trinajstić information content (AvgIpc) is 2.93. The average molecular weight is 323 g/mol. The first-order valence-corrected chi connectivity index (χ1v) is 10.5. The lowest BCUT2D eigenvalue weighted by molar-refractivity contribution is 0.136. The summed E-state index contributed by atoms with van der Waals surface area (Å²) in [5.41, 5.74) is 0. The summed E-state index contributed by atoms with van der Waals surface area (Å²) < 4.78 is 0. The van der Waals surface area contributed by atoms with Gasteiger partial charge in [0.05, 0.1) is 0 Å². The summed E-state index contributed by atoms with van der Waals surface area (Å²) in [6.07, 6.45) is 23.2. The van der Waals surface area contributed by atoms with Crippen LogP contribution < -0.4 is 0 Å². The minimum atomic E-state index is 0.648. The molecule has 0 spiro atoms. The van der Waals surface area contributed by atoms with Gasteiger partial charge >= 0.3 is 0 Å². The molecule has 136 valence electrons. The van der Waals surface area contributed by atoms with Crippen LogP contribution in [-0.4, -0.2) is 29.1 Å². The highest BCUT2D eigenvalue weighted by molar-refractivity contribution is 4.96. The van der Waals surface area contributed by atoms with Crippen LogP contribution in [-0.2, 0) is 0 Å². The summed E-state index contributed by atoms with van der Waals surface area (Å²) in [5, 5.41) is 0. The molecule has 0 amide bonds. The molecule has 0 radical (unpaired) electrons. The van der Waals surface area contributed by atoms with Gasteiger partial charge in [0.15, 0.2) is 0 Å². The highest BCUT2D eigenvalue weighted by Gasteiger charge is 2.24. The van der Waals surface area contributed by atoms with E-state index in [1.54, 1.807) is 0 Å². The van der Waals surface area contributed by atoms with Gasteiger partial charge in [-0.15, -0.1) is 0 Å². The van der Waals surface area contributed by atoms with Gasteiger partial charge in [0.1, 0.15) is 6.17 Å². The smallest absolute Gasteiger partial charge is 0.101 e. The Hall–Kier alpha value is -0.660. The van der Waals surface area contributed by atoms with Crippen molar-refractivity contribution in [2.24, 2.45) is 0 Å². The molecule has 0 aliphatic carbocycles. The Morgan fingerprint density at radius 2 is 1.00 bits per heavy atom. The van der Waals surface area contributed by atoms with E-state index in [0.29, 0.717) is 6.17 Å². The molecule has 0 unspecified atom stereocenters. The van der Waals surface area contributed by atoms with Crippen molar-refractivity contribution in [1.82, 2.24) is 9.80 Å². The van der Waals surface area contributed by atoms with Crippen molar-refractivity contribution in [3.8, 4) is 0 Å². The Morgan fingerprint density at radius 1 is 0.565 bits per heavy atom. The summed E-state index contributed by atoms with van der Waals surface area (Å²) in [5.74, 6) is 0. The molecule has 2 nitrogen and oxygen atoms in total. The number of hydrogen-bond donors (Lipinski definition) is 0. The highest BCUT2D eigenvalue weighted by Crippen LogP contribution is 2.23. The lowest BCUT2D eigenvalue weighted by Crippen LogP contribution is -2.39. The summed E-state index contributed by atoms with van der Waals surface area (Å²) in [6.45, 7) is 9.38. The van der Waals surface area contributed by atoms with E-state index in [-0.39, 0.29) is 0 Å². The normalized spacial score (nSPS) is 15.1. The van der Waals surface area contributed by atoms with Crippen molar-refractivity contribution in [1.29, 1.82) is 0 Å². The Balaban J connectivity index is 2.33. The van der Waals surface area contributed by atoms with Gasteiger partial charge in [-0.1, -0.05) is 78.6 Å². The van der Waals surface area contributed by atoms with Crippen LogP contribution in [0.2, 0.25) is 0 Å². The Labute approximate surface area is 146 Å². The van der Waals surface area contributed by atoms with Crippen LogP contribution in [0.4, 0.5) is 0 Å². The second-order valence-corrected chi connectivity index (χ2v) is 7.23. The van der Waals surface area contributed by atoms with Crippen LogP contribution >= 0.6 is 0 Å². The lowest BCUT2D eigenvalue weighted by atomic mass is 10.1. The first-order chi connectivity index (χ1) is 11.3.